The number of rotatable bonds is 2. The second kappa shape index (κ2) is 5.34. The molecule has 0 spiro atoms. The Hall–Kier alpha value is -2.13. The number of H-pyrrole nitrogens is 1. The Kier molecular flexibility index (Phi) is 3.20. The van der Waals surface area contributed by atoms with Gasteiger partial charge in [0.05, 0.1) is 5.69 Å². The number of nitrogens with one attached hydrogen (secondary N) is 2. The molecule has 106 valence electrons. The number of hydrogen-bond acceptors (Lipinski definition) is 2. The quantitative estimate of drug-likeness (QED) is 0.750. The summed E-state index contributed by atoms with van der Waals surface area (Å²) in [4.78, 5) is 0. The summed E-state index contributed by atoms with van der Waals surface area (Å²) in [6.07, 6.45) is 2.49. The third-order valence-corrected chi connectivity index (χ3v) is 4.38. The third-order valence-electron chi connectivity index (χ3n) is 4.38. The maximum atomic E-state index is 4.52. The molecule has 3 aromatic rings. The number of piperidine rings is 1. The minimum Gasteiger partial charge on any atom is -0.316 e. The number of fused-ring (bicyclic) bond motifs is 1. The van der Waals surface area contributed by atoms with Crippen molar-refractivity contribution in [3.05, 3.63) is 54.2 Å². The number of benzene rings is 2. The second-order valence-electron chi connectivity index (χ2n) is 5.81. The molecule has 1 aromatic heterocycles. The van der Waals surface area contributed by atoms with Crippen molar-refractivity contribution in [3.8, 4) is 11.3 Å². The molecule has 0 amide bonds. The van der Waals surface area contributed by atoms with Gasteiger partial charge in [-0.25, -0.2) is 0 Å². The average molecular weight is 277 g/mol. The van der Waals surface area contributed by atoms with Gasteiger partial charge < -0.3 is 5.32 Å². The fourth-order valence-electron chi connectivity index (χ4n) is 3.16. The van der Waals surface area contributed by atoms with Crippen LogP contribution >= 0.6 is 0 Å². The Morgan fingerprint density at radius 3 is 2.76 bits per heavy atom. The maximum absolute atomic E-state index is 4.52. The van der Waals surface area contributed by atoms with Gasteiger partial charge in [0.25, 0.3) is 0 Å². The first-order valence-corrected chi connectivity index (χ1v) is 7.65. The number of hydrogen-bond donors (Lipinski definition) is 2. The maximum Gasteiger partial charge on any atom is 0.0923 e. The first kappa shape index (κ1) is 12.6. The van der Waals surface area contributed by atoms with Crippen LogP contribution in [0.15, 0.2) is 48.5 Å². The lowest BCUT2D eigenvalue weighted by molar-refractivity contribution is 0.454. The highest BCUT2D eigenvalue weighted by atomic mass is 15.1. The van der Waals surface area contributed by atoms with Gasteiger partial charge in [-0.05, 0) is 42.3 Å². The smallest absolute Gasteiger partial charge is 0.0923 e. The van der Waals surface area contributed by atoms with Gasteiger partial charge in [0.1, 0.15) is 0 Å². The third kappa shape index (κ3) is 2.45. The van der Waals surface area contributed by atoms with Crippen molar-refractivity contribution in [3.63, 3.8) is 0 Å². The van der Waals surface area contributed by atoms with Crippen molar-refractivity contribution in [1.29, 1.82) is 0 Å². The van der Waals surface area contributed by atoms with Crippen molar-refractivity contribution in [2.45, 2.75) is 18.8 Å². The normalized spacial score (nSPS) is 19.0. The molecular formula is C18H19N3. The Morgan fingerprint density at radius 2 is 1.90 bits per heavy atom. The van der Waals surface area contributed by atoms with Gasteiger partial charge in [-0.3, -0.25) is 5.10 Å². The molecule has 0 unspecified atom stereocenters. The van der Waals surface area contributed by atoms with Gasteiger partial charge in [0, 0.05) is 23.7 Å². The van der Waals surface area contributed by atoms with E-state index in [1.54, 1.807) is 0 Å². The highest BCUT2D eigenvalue weighted by Gasteiger charge is 2.17. The molecule has 1 fully saturated rings. The van der Waals surface area contributed by atoms with Crippen molar-refractivity contribution < 1.29 is 0 Å². The van der Waals surface area contributed by atoms with Crippen LogP contribution in [0, 0.1) is 0 Å². The molecule has 1 aliphatic heterocycles. The van der Waals surface area contributed by atoms with Crippen LogP contribution in [0.3, 0.4) is 0 Å². The zero-order valence-electron chi connectivity index (χ0n) is 12.0. The molecule has 2 aromatic carbocycles. The largest absolute Gasteiger partial charge is 0.316 e. The molecule has 3 heteroatoms. The van der Waals surface area contributed by atoms with Gasteiger partial charge in [0.2, 0.25) is 0 Å². The zero-order valence-corrected chi connectivity index (χ0v) is 12.0. The van der Waals surface area contributed by atoms with Gasteiger partial charge in [-0.1, -0.05) is 36.4 Å². The van der Waals surface area contributed by atoms with Crippen molar-refractivity contribution in [2.24, 2.45) is 0 Å². The van der Waals surface area contributed by atoms with Crippen LogP contribution in [0.1, 0.15) is 24.5 Å². The highest BCUT2D eigenvalue weighted by Crippen LogP contribution is 2.27. The Balaban J connectivity index is 1.67. The summed E-state index contributed by atoms with van der Waals surface area (Å²) in [6, 6.07) is 17.2. The molecule has 1 saturated heterocycles. The Morgan fingerprint density at radius 1 is 1.00 bits per heavy atom. The second-order valence-corrected chi connectivity index (χ2v) is 5.81. The van der Waals surface area contributed by atoms with E-state index in [0.29, 0.717) is 5.92 Å². The van der Waals surface area contributed by atoms with Gasteiger partial charge in [0.15, 0.2) is 0 Å². The summed E-state index contributed by atoms with van der Waals surface area (Å²) < 4.78 is 0. The lowest BCUT2D eigenvalue weighted by Crippen LogP contribution is -2.28. The Labute approximate surface area is 124 Å². The molecule has 0 radical (unpaired) electrons. The van der Waals surface area contributed by atoms with Crippen LogP contribution in [-0.2, 0) is 0 Å². The predicted molar refractivity (Wildman–Crippen MR) is 86.4 cm³/mol. The first-order chi connectivity index (χ1) is 10.4. The van der Waals surface area contributed by atoms with Crippen molar-refractivity contribution >= 4 is 10.8 Å². The van der Waals surface area contributed by atoms with Crippen LogP contribution < -0.4 is 5.32 Å². The van der Waals surface area contributed by atoms with Crippen LogP contribution in [0.2, 0.25) is 0 Å². The summed E-state index contributed by atoms with van der Waals surface area (Å²) in [6.45, 7) is 2.20. The fraction of sp³-hybridized carbons (Fsp3) is 0.278. The van der Waals surface area contributed by atoms with E-state index in [-0.39, 0.29) is 0 Å². The van der Waals surface area contributed by atoms with Crippen LogP contribution in [0.25, 0.3) is 22.0 Å². The number of aromatic amines is 1. The van der Waals surface area contributed by atoms with Crippen LogP contribution in [-0.4, -0.2) is 23.3 Å². The van der Waals surface area contributed by atoms with E-state index >= 15 is 0 Å². The standard InChI is InChI=1S/C18H19N3/c1-2-5-14-10-15(8-7-13(14)4-1)17-11-18(21-20-17)16-6-3-9-19-12-16/h1-2,4-5,7-8,10-11,16,19H,3,6,9,12H2,(H,20,21)/t16-/m0/s1. The Bertz CT molecular complexity index is 754. The summed E-state index contributed by atoms with van der Waals surface area (Å²) in [5.41, 5.74) is 3.48. The molecule has 1 atom stereocenters. The molecule has 0 bridgehead atoms. The van der Waals surface area contributed by atoms with E-state index in [0.717, 1.165) is 18.8 Å². The molecule has 2 N–H and O–H groups in total. The highest BCUT2D eigenvalue weighted by molar-refractivity contribution is 5.86. The van der Waals surface area contributed by atoms with Gasteiger partial charge >= 0.3 is 0 Å². The predicted octanol–water partition coefficient (Wildman–Crippen LogP) is 3.70. The summed E-state index contributed by atoms with van der Waals surface area (Å²) >= 11 is 0. The van der Waals surface area contributed by atoms with Gasteiger partial charge in [-0.2, -0.15) is 5.10 Å². The summed E-state index contributed by atoms with van der Waals surface area (Å²) in [5.74, 6) is 0.570. The van der Waals surface area contributed by atoms with Crippen molar-refractivity contribution in [2.75, 3.05) is 13.1 Å². The van der Waals surface area contributed by atoms with E-state index in [4.69, 9.17) is 0 Å². The van der Waals surface area contributed by atoms with Gasteiger partial charge in [-0.15, -0.1) is 0 Å². The molecule has 21 heavy (non-hydrogen) atoms. The van der Waals surface area contributed by atoms with Crippen LogP contribution in [0.4, 0.5) is 0 Å². The van der Waals surface area contributed by atoms with Crippen molar-refractivity contribution in [1.82, 2.24) is 15.5 Å². The molecule has 0 saturated carbocycles. The monoisotopic (exact) mass is 277 g/mol. The van der Waals surface area contributed by atoms with Crippen LogP contribution in [0.5, 0.6) is 0 Å². The topological polar surface area (TPSA) is 40.7 Å². The number of aromatic nitrogens is 2. The van der Waals surface area contributed by atoms with E-state index < -0.39 is 0 Å². The minimum absolute atomic E-state index is 0.570. The molecule has 3 nitrogen and oxygen atoms in total. The zero-order chi connectivity index (χ0) is 14.1. The minimum atomic E-state index is 0.570. The van der Waals surface area contributed by atoms with E-state index in [1.165, 1.54) is 34.9 Å². The first-order valence-electron chi connectivity index (χ1n) is 7.65. The lowest BCUT2D eigenvalue weighted by atomic mass is 9.95. The van der Waals surface area contributed by atoms with E-state index in [2.05, 4.69) is 64.0 Å². The molecule has 2 heterocycles. The summed E-state index contributed by atoms with van der Waals surface area (Å²) in [5, 5.41) is 13.7. The molecular weight excluding hydrogens is 258 g/mol. The van der Waals surface area contributed by atoms with E-state index in [1.807, 2.05) is 0 Å². The number of nitrogens with zero attached hydrogens (tertiary/aromatic N) is 1. The molecule has 0 aliphatic carbocycles. The molecule has 1 aliphatic rings. The average Bonchev–Trinajstić information content (AvgIpc) is 3.05. The summed E-state index contributed by atoms with van der Waals surface area (Å²) in [7, 11) is 0. The lowest BCUT2D eigenvalue weighted by Gasteiger charge is -2.21. The van der Waals surface area contributed by atoms with E-state index in [9.17, 15) is 0 Å². The fourth-order valence-corrected chi connectivity index (χ4v) is 3.16. The SMILES string of the molecule is c1ccc2cc(-c3cc([C@H]4CCCNC4)[nH]n3)ccc2c1. The molecule has 4 rings (SSSR count).